The molecule has 2 aliphatic heterocycles. The van der Waals surface area contributed by atoms with Gasteiger partial charge in [-0.3, -0.25) is 9.59 Å². The number of amides is 2. The number of nitrogens with one attached hydrogen (secondary N) is 3. The van der Waals surface area contributed by atoms with E-state index in [0.29, 0.717) is 41.0 Å². The van der Waals surface area contributed by atoms with E-state index < -0.39 is 17.6 Å². The molecule has 3 N–H and O–H groups in total. The second kappa shape index (κ2) is 7.74. The van der Waals surface area contributed by atoms with Crippen LogP contribution in [0.25, 0.3) is 5.57 Å². The van der Waals surface area contributed by atoms with Crippen molar-refractivity contribution < 1.29 is 27.5 Å². The van der Waals surface area contributed by atoms with Crippen LogP contribution in [0.4, 0.5) is 30.2 Å². The molecule has 0 saturated carbocycles. The van der Waals surface area contributed by atoms with Crippen molar-refractivity contribution in [2.45, 2.75) is 19.0 Å². The summed E-state index contributed by atoms with van der Waals surface area (Å²) in [6.45, 7) is 0.357. The number of halogens is 3. The molecule has 0 radical (unpaired) electrons. The number of benzene rings is 2. The molecule has 2 aliphatic rings. The van der Waals surface area contributed by atoms with E-state index >= 15 is 0 Å². The van der Waals surface area contributed by atoms with Crippen molar-refractivity contribution in [2.24, 2.45) is 0 Å². The highest BCUT2D eigenvalue weighted by Gasteiger charge is 2.32. The molecule has 0 spiro atoms. The third-order valence-electron chi connectivity index (χ3n) is 4.83. The smallest absolute Gasteiger partial charge is 0.416 e. The number of carbonyl (C=O) groups is 2. The number of hydrogen-bond acceptors (Lipinski definition) is 4. The number of anilines is 3. The standard InChI is InChI=1S/C21H18F3N3O3/c22-21(23,24)13-6-7-14-12(3-2-8-30-17(14)10-13)9-18(28)26-15-4-1-5-16-20(15)25-11-19(29)27-16/h1,4-7,9-10,25H,2-3,8,11H2,(H,26,28)(H,27,29). The zero-order chi connectivity index (χ0) is 21.3. The Kier molecular flexibility index (Phi) is 5.11. The molecule has 2 aromatic carbocycles. The summed E-state index contributed by atoms with van der Waals surface area (Å²) in [7, 11) is 0. The van der Waals surface area contributed by atoms with Gasteiger partial charge < -0.3 is 20.7 Å². The molecule has 30 heavy (non-hydrogen) atoms. The molecule has 0 atom stereocenters. The van der Waals surface area contributed by atoms with Gasteiger partial charge in [0.1, 0.15) is 5.75 Å². The predicted molar refractivity (Wildman–Crippen MR) is 106 cm³/mol. The van der Waals surface area contributed by atoms with Gasteiger partial charge in [-0.05, 0) is 42.7 Å². The highest BCUT2D eigenvalue weighted by Crippen LogP contribution is 2.38. The lowest BCUT2D eigenvalue weighted by atomic mass is 9.99. The average Bonchev–Trinajstić information content (AvgIpc) is 2.89. The Labute approximate surface area is 170 Å². The monoisotopic (exact) mass is 417 g/mol. The number of alkyl halides is 3. The summed E-state index contributed by atoms with van der Waals surface area (Å²) in [5.74, 6) is -0.492. The Morgan fingerprint density at radius 3 is 2.83 bits per heavy atom. The molecule has 2 amide bonds. The number of ether oxygens (including phenoxy) is 1. The van der Waals surface area contributed by atoms with Gasteiger partial charge in [-0.25, -0.2) is 0 Å². The van der Waals surface area contributed by atoms with Crippen molar-refractivity contribution in [2.75, 3.05) is 29.1 Å². The van der Waals surface area contributed by atoms with Gasteiger partial charge in [0.2, 0.25) is 11.8 Å². The van der Waals surface area contributed by atoms with Crippen molar-refractivity contribution in [3.63, 3.8) is 0 Å². The number of allylic oxidation sites excluding steroid dienone is 1. The Morgan fingerprint density at radius 2 is 2.03 bits per heavy atom. The van der Waals surface area contributed by atoms with E-state index in [-0.39, 0.29) is 24.8 Å². The fourth-order valence-corrected chi connectivity index (χ4v) is 3.45. The van der Waals surface area contributed by atoms with E-state index in [9.17, 15) is 22.8 Å². The van der Waals surface area contributed by atoms with Crippen molar-refractivity contribution >= 4 is 34.4 Å². The second-order valence-corrected chi connectivity index (χ2v) is 6.95. The van der Waals surface area contributed by atoms with E-state index in [1.54, 1.807) is 18.2 Å². The maximum Gasteiger partial charge on any atom is 0.416 e. The van der Waals surface area contributed by atoms with Crippen molar-refractivity contribution in [3.8, 4) is 5.75 Å². The van der Waals surface area contributed by atoms with Gasteiger partial charge in [0, 0.05) is 11.6 Å². The maximum absolute atomic E-state index is 13.0. The minimum absolute atomic E-state index is 0.0905. The van der Waals surface area contributed by atoms with Crippen LogP contribution in [0.5, 0.6) is 5.75 Å². The summed E-state index contributed by atoms with van der Waals surface area (Å²) in [6.07, 6.45) is -2.03. The molecule has 0 bridgehead atoms. The lowest BCUT2D eigenvalue weighted by Crippen LogP contribution is -2.28. The van der Waals surface area contributed by atoms with E-state index in [4.69, 9.17) is 4.74 Å². The lowest BCUT2D eigenvalue weighted by Gasteiger charge is -2.21. The van der Waals surface area contributed by atoms with E-state index in [0.717, 1.165) is 12.1 Å². The zero-order valence-corrected chi connectivity index (χ0v) is 15.7. The molecule has 9 heteroatoms. The Bertz CT molecular complexity index is 1050. The largest absolute Gasteiger partial charge is 0.493 e. The first-order valence-corrected chi connectivity index (χ1v) is 9.34. The second-order valence-electron chi connectivity index (χ2n) is 6.95. The third-order valence-corrected chi connectivity index (χ3v) is 4.83. The Hall–Kier alpha value is -3.49. The van der Waals surface area contributed by atoms with Gasteiger partial charge in [0.05, 0.1) is 35.8 Å². The molecule has 156 valence electrons. The quantitative estimate of drug-likeness (QED) is 0.638. The molecule has 0 fully saturated rings. The van der Waals surface area contributed by atoms with Crippen LogP contribution in [-0.2, 0) is 15.8 Å². The van der Waals surface area contributed by atoms with Gasteiger partial charge >= 0.3 is 6.18 Å². The van der Waals surface area contributed by atoms with E-state index in [2.05, 4.69) is 16.0 Å². The molecule has 0 unspecified atom stereocenters. The number of para-hydroxylation sites is 1. The first-order valence-electron chi connectivity index (χ1n) is 9.34. The molecule has 4 rings (SSSR count). The van der Waals surface area contributed by atoms with Gasteiger partial charge in [-0.2, -0.15) is 13.2 Å². The topological polar surface area (TPSA) is 79.5 Å². The minimum Gasteiger partial charge on any atom is -0.493 e. The normalized spacial score (nSPS) is 17.0. The average molecular weight is 417 g/mol. The number of fused-ring (bicyclic) bond motifs is 2. The Balaban J connectivity index is 1.61. The molecule has 0 aliphatic carbocycles. The van der Waals surface area contributed by atoms with Crippen LogP contribution >= 0.6 is 0 Å². The molecule has 2 aromatic rings. The van der Waals surface area contributed by atoms with Crippen LogP contribution in [0.3, 0.4) is 0 Å². The molecule has 2 heterocycles. The minimum atomic E-state index is -4.47. The van der Waals surface area contributed by atoms with Crippen LogP contribution in [0.1, 0.15) is 24.0 Å². The van der Waals surface area contributed by atoms with Crippen molar-refractivity contribution in [1.82, 2.24) is 0 Å². The maximum atomic E-state index is 13.0. The van der Waals surface area contributed by atoms with Gasteiger partial charge in [0.15, 0.2) is 0 Å². The fourth-order valence-electron chi connectivity index (χ4n) is 3.45. The third kappa shape index (κ3) is 4.10. The highest BCUT2D eigenvalue weighted by molar-refractivity contribution is 6.09. The zero-order valence-electron chi connectivity index (χ0n) is 15.7. The first kappa shape index (κ1) is 19.8. The predicted octanol–water partition coefficient (Wildman–Crippen LogP) is 4.26. The van der Waals surface area contributed by atoms with E-state index in [1.807, 2.05) is 0 Å². The highest BCUT2D eigenvalue weighted by atomic mass is 19.4. The molecule has 0 aromatic heterocycles. The van der Waals surface area contributed by atoms with Gasteiger partial charge in [-0.15, -0.1) is 0 Å². The van der Waals surface area contributed by atoms with Crippen molar-refractivity contribution in [1.29, 1.82) is 0 Å². The summed E-state index contributed by atoms with van der Waals surface area (Å²) in [5.41, 5.74) is 1.92. The number of carbonyl (C=O) groups excluding carboxylic acids is 2. The van der Waals surface area contributed by atoms with Crippen LogP contribution in [-0.4, -0.2) is 25.0 Å². The SMILES string of the molecule is O=C(C=C1CCCOc2cc(C(F)(F)F)ccc21)Nc1cccc2c1NCC(=O)N2. The van der Waals surface area contributed by atoms with Crippen LogP contribution in [0, 0.1) is 0 Å². The molecule has 6 nitrogen and oxygen atoms in total. The molecule has 0 saturated heterocycles. The number of rotatable bonds is 2. The van der Waals surface area contributed by atoms with Crippen molar-refractivity contribution in [3.05, 3.63) is 53.6 Å². The summed E-state index contributed by atoms with van der Waals surface area (Å²) >= 11 is 0. The van der Waals surface area contributed by atoms with Crippen LogP contribution < -0.4 is 20.7 Å². The Morgan fingerprint density at radius 1 is 1.20 bits per heavy atom. The summed E-state index contributed by atoms with van der Waals surface area (Å²) < 4.78 is 44.5. The lowest BCUT2D eigenvalue weighted by molar-refractivity contribution is -0.137. The summed E-state index contributed by atoms with van der Waals surface area (Å²) in [5, 5.41) is 8.45. The van der Waals surface area contributed by atoms with Gasteiger partial charge in [0.25, 0.3) is 0 Å². The van der Waals surface area contributed by atoms with E-state index in [1.165, 1.54) is 12.1 Å². The number of hydrogen-bond donors (Lipinski definition) is 3. The molecular weight excluding hydrogens is 399 g/mol. The van der Waals surface area contributed by atoms with Gasteiger partial charge in [-0.1, -0.05) is 12.1 Å². The molecular formula is C21H18F3N3O3. The van der Waals surface area contributed by atoms with Crippen LogP contribution in [0.15, 0.2) is 42.5 Å². The van der Waals surface area contributed by atoms with Crippen LogP contribution in [0.2, 0.25) is 0 Å². The first-order chi connectivity index (χ1) is 14.3. The summed E-state index contributed by atoms with van der Waals surface area (Å²) in [4.78, 5) is 24.2. The fraction of sp³-hybridized carbons (Fsp3) is 0.238. The summed E-state index contributed by atoms with van der Waals surface area (Å²) in [6, 6.07) is 8.39.